The SMILES string of the molecule is C=CC(C)(C)Nn1nnc2ccccc21. The molecule has 0 amide bonds. The van der Waals surface area contributed by atoms with E-state index in [1.807, 2.05) is 44.2 Å². The molecule has 2 aromatic rings. The van der Waals surface area contributed by atoms with Crippen molar-refractivity contribution in [1.82, 2.24) is 15.1 Å². The number of fused-ring (bicyclic) bond motifs is 1. The first-order chi connectivity index (χ1) is 7.12. The van der Waals surface area contributed by atoms with Crippen LogP contribution in [0.5, 0.6) is 0 Å². The summed E-state index contributed by atoms with van der Waals surface area (Å²) in [4.78, 5) is 1.68. The largest absolute Gasteiger partial charge is 0.299 e. The van der Waals surface area contributed by atoms with Crippen molar-refractivity contribution in [3.8, 4) is 0 Å². The van der Waals surface area contributed by atoms with Crippen LogP contribution in [0, 0.1) is 0 Å². The Morgan fingerprint density at radius 2 is 2.13 bits per heavy atom. The fourth-order valence-electron chi connectivity index (χ4n) is 1.27. The molecule has 0 saturated heterocycles. The Hall–Kier alpha value is -1.84. The standard InChI is InChI=1S/C11H14N4/c1-4-11(2,3)13-15-10-8-6-5-7-9(10)12-14-15/h4-8,13H,1H2,2-3H3. The highest BCUT2D eigenvalue weighted by atomic mass is 15.6. The highest BCUT2D eigenvalue weighted by Gasteiger charge is 2.14. The molecule has 0 spiro atoms. The summed E-state index contributed by atoms with van der Waals surface area (Å²) in [6, 6.07) is 7.81. The Morgan fingerprint density at radius 3 is 2.87 bits per heavy atom. The minimum atomic E-state index is -0.212. The second-order valence-electron chi connectivity index (χ2n) is 4.03. The van der Waals surface area contributed by atoms with Crippen molar-refractivity contribution in [2.24, 2.45) is 0 Å². The predicted molar refractivity (Wildman–Crippen MR) is 61.2 cm³/mol. The molecule has 0 aliphatic heterocycles. The second-order valence-corrected chi connectivity index (χ2v) is 4.03. The van der Waals surface area contributed by atoms with E-state index < -0.39 is 0 Å². The zero-order valence-electron chi connectivity index (χ0n) is 8.94. The van der Waals surface area contributed by atoms with Crippen molar-refractivity contribution >= 4 is 11.0 Å². The molecule has 0 fully saturated rings. The molecule has 4 nitrogen and oxygen atoms in total. The van der Waals surface area contributed by atoms with Crippen molar-refractivity contribution in [3.05, 3.63) is 36.9 Å². The van der Waals surface area contributed by atoms with Crippen LogP contribution in [0.3, 0.4) is 0 Å². The van der Waals surface area contributed by atoms with Gasteiger partial charge in [0.2, 0.25) is 0 Å². The Balaban J connectivity index is 2.41. The summed E-state index contributed by atoms with van der Waals surface area (Å²) in [6.07, 6.45) is 1.84. The monoisotopic (exact) mass is 202 g/mol. The first-order valence-corrected chi connectivity index (χ1v) is 4.85. The number of nitrogens with zero attached hydrogens (tertiary/aromatic N) is 3. The zero-order chi connectivity index (χ0) is 10.9. The summed E-state index contributed by atoms with van der Waals surface area (Å²) in [5.74, 6) is 0. The molecule has 0 atom stereocenters. The molecule has 78 valence electrons. The molecule has 0 unspecified atom stereocenters. The minimum absolute atomic E-state index is 0.212. The summed E-state index contributed by atoms with van der Waals surface area (Å²) < 4.78 is 0. The Kier molecular flexibility index (Phi) is 2.19. The lowest BCUT2D eigenvalue weighted by Crippen LogP contribution is -2.35. The summed E-state index contributed by atoms with van der Waals surface area (Å²) in [7, 11) is 0. The third-order valence-corrected chi connectivity index (χ3v) is 2.26. The van der Waals surface area contributed by atoms with Crippen molar-refractivity contribution in [3.63, 3.8) is 0 Å². The Bertz CT molecular complexity index is 484. The van der Waals surface area contributed by atoms with E-state index in [0.717, 1.165) is 11.0 Å². The van der Waals surface area contributed by atoms with Crippen LogP contribution in [0.4, 0.5) is 0 Å². The molecule has 1 aromatic heterocycles. The average molecular weight is 202 g/mol. The van der Waals surface area contributed by atoms with Crippen LogP contribution >= 0.6 is 0 Å². The fraction of sp³-hybridized carbons (Fsp3) is 0.273. The number of hydrogen-bond donors (Lipinski definition) is 1. The van der Waals surface area contributed by atoms with Gasteiger partial charge in [-0.3, -0.25) is 5.43 Å². The van der Waals surface area contributed by atoms with Crippen molar-refractivity contribution in [1.29, 1.82) is 0 Å². The highest BCUT2D eigenvalue weighted by Crippen LogP contribution is 2.11. The van der Waals surface area contributed by atoms with Crippen LogP contribution in [-0.4, -0.2) is 20.6 Å². The molecule has 0 bridgehead atoms. The topological polar surface area (TPSA) is 42.7 Å². The quantitative estimate of drug-likeness (QED) is 0.773. The number of nitrogens with one attached hydrogen (secondary N) is 1. The molecule has 2 rings (SSSR count). The van der Waals surface area contributed by atoms with Gasteiger partial charge in [-0.05, 0) is 31.2 Å². The first kappa shape index (κ1) is 9.71. The molecule has 1 heterocycles. The molecule has 0 aliphatic carbocycles. The highest BCUT2D eigenvalue weighted by molar-refractivity contribution is 5.74. The van der Waals surface area contributed by atoms with E-state index in [2.05, 4.69) is 22.3 Å². The lowest BCUT2D eigenvalue weighted by Gasteiger charge is -2.22. The molecule has 1 aromatic carbocycles. The summed E-state index contributed by atoms with van der Waals surface area (Å²) in [5, 5.41) is 8.09. The van der Waals surface area contributed by atoms with Crippen LogP contribution in [0.1, 0.15) is 13.8 Å². The second kappa shape index (κ2) is 3.38. The van der Waals surface area contributed by atoms with Crippen LogP contribution in [0.25, 0.3) is 11.0 Å². The van der Waals surface area contributed by atoms with Gasteiger partial charge in [0.15, 0.2) is 0 Å². The lowest BCUT2D eigenvalue weighted by molar-refractivity contribution is 0.572. The predicted octanol–water partition coefficient (Wildman–Crippen LogP) is 1.94. The number of aromatic nitrogens is 3. The number of benzene rings is 1. The molecular formula is C11H14N4. The summed E-state index contributed by atoms with van der Waals surface area (Å²) in [5.41, 5.74) is 4.85. The van der Waals surface area contributed by atoms with E-state index in [4.69, 9.17) is 0 Å². The number of hydrogen-bond acceptors (Lipinski definition) is 3. The first-order valence-electron chi connectivity index (χ1n) is 4.85. The van der Waals surface area contributed by atoms with E-state index in [0.29, 0.717) is 0 Å². The van der Waals surface area contributed by atoms with Gasteiger partial charge in [-0.1, -0.05) is 18.2 Å². The maximum atomic E-state index is 4.05. The molecule has 15 heavy (non-hydrogen) atoms. The molecule has 0 saturated carbocycles. The van der Waals surface area contributed by atoms with Gasteiger partial charge < -0.3 is 0 Å². The smallest absolute Gasteiger partial charge is 0.115 e. The van der Waals surface area contributed by atoms with Gasteiger partial charge in [0, 0.05) is 0 Å². The zero-order valence-corrected chi connectivity index (χ0v) is 8.94. The third kappa shape index (κ3) is 1.83. The van der Waals surface area contributed by atoms with Gasteiger partial charge in [-0.2, -0.15) is 4.79 Å². The van der Waals surface area contributed by atoms with E-state index in [1.54, 1.807) is 4.79 Å². The van der Waals surface area contributed by atoms with Crippen LogP contribution < -0.4 is 5.43 Å². The molecule has 1 N–H and O–H groups in total. The van der Waals surface area contributed by atoms with Crippen molar-refractivity contribution < 1.29 is 0 Å². The normalized spacial score (nSPS) is 11.6. The molecular weight excluding hydrogens is 188 g/mol. The maximum absolute atomic E-state index is 4.05. The van der Waals surface area contributed by atoms with Crippen LogP contribution in [-0.2, 0) is 0 Å². The van der Waals surface area contributed by atoms with Crippen LogP contribution in [0.15, 0.2) is 36.9 Å². The van der Waals surface area contributed by atoms with Gasteiger partial charge in [0.25, 0.3) is 0 Å². The molecule has 0 aliphatic rings. The maximum Gasteiger partial charge on any atom is 0.115 e. The minimum Gasteiger partial charge on any atom is -0.299 e. The Morgan fingerprint density at radius 1 is 1.40 bits per heavy atom. The van der Waals surface area contributed by atoms with Gasteiger partial charge in [0.05, 0.1) is 5.54 Å². The fourth-order valence-corrected chi connectivity index (χ4v) is 1.27. The molecule has 0 radical (unpaired) electrons. The van der Waals surface area contributed by atoms with Gasteiger partial charge >= 0.3 is 0 Å². The van der Waals surface area contributed by atoms with E-state index in [1.165, 1.54) is 0 Å². The van der Waals surface area contributed by atoms with Crippen molar-refractivity contribution in [2.45, 2.75) is 19.4 Å². The molecule has 4 heteroatoms. The van der Waals surface area contributed by atoms with Crippen molar-refractivity contribution in [2.75, 3.05) is 5.43 Å². The summed E-state index contributed by atoms with van der Waals surface area (Å²) in [6.45, 7) is 7.82. The van der Waals surface area contributed by atoms with E-state index in [-0.39, 0.29) is 5.54 Å². The summed E-state index contributed by atoms with van der Waals surface area (Å²) >= 11 is 0. The van der Waals surface area contributed by atoms with E-state index in [9.17, 15) is 0 Å². The Labute approximate surface area is 88.6 Å². The third-order valence-electron chi connectivity index (χ3n) is 2.26. The van der Waals surface area contributed by atoms with Gasteiger partial charge in [-0.15, -0.1) is 11.7 Å². The van der Waals surface area contributed by atoms with Gasteiger partial charge in [-0.25, -0.2) is 0 Å². The van der Waals surface area contributed by atoms with Gasteiger partial charge in [0.1, 0.15) is 11.0 Å². The van der Waals surface area contributed by atoms with Crippen LogP contribution in [0.2, 0.25) is 0 Å². The lowest BCUT2D eigenvalue weighted by atomic mass is 10.1. The average Bonchev–Trinajstić information content (AvgIpc) is 2.62. The number of para-hydroxylation sites is 1. The number of rotatable bonds is 3. The van der Waals surface area contributed by atoms with E-state index >= 15 is 0 Å².